The normalized spacial score (nSPS) is 42.0. The van der Waals surface area contributed by atoms with Gasteiger partial charge in [-0.2, -0.15) is 0 Å². The summed E-state index contributed by atoms with van der Waals surface area (Å²) in [6, 6.07) is 0. The van der Waals surface area contributed by atoms with E-state index >= 15 is 0 Å². The molecule has 0 aromatic heterocycles. The summed E-state index contributed by atoms with van der Waals surface area (Å²) in [5.41, 5.74) is 0.470. The molecule has 0 amide bonds. The standard InChI is InChI=1S/C5H12N2O2.C2H6/c1-4(8)2-5(9,3-4)7-6;1-2/h7-9H,2-3,6H2,1H3;1-2H3. The Morgan fingerprint density at radius 2 is 1.64 bits per heavy atom. The Balaban J connectivity index is 0.000000461. The van der Waals surface area contributed by atoms with Crippen molar-refractivity contribution in [3.8, 4) is 0 Å². The molecule has 1 rings (SSSR count). The molecule has 0 aliphatic heterocycles. The fourth-order valence-corrected chi connectivity index (χ4v) is 1.31. The first-order chi connectivity index (χ1) is 4.97. The van der Waals surface area contributed by atoms with Crippen molar-refractivity contribution in [3.63, 3.8) is 0 Å². The predicted octanol–water partition coefficient (Wildman–Crippen LogP) is -0.291. The van der Waals surface area contributed by atoms with E-state index in [0.717, 1.165) is 0 Å². The van der Waals surface area contributed by atoms with Gasteiger partial charge < -0.3 is 10.2 Å². The molecule has 4 heteroatoms. The Hall–Kier alpha value is -0.160. The summed E-state index contributed by atoms with van der Waals surface area (Å²) in [5, 5.41) is 18.3. The lowest BCUT2D eigenvalue weighted by atomic mass is 9.74. The van der Waals surface area contributed by atoms with Crippen molar-refractivity contribution in [1.29, 1.82) is 0 Å². The van der Waals surface area contributed by atoms with E-state index in [-0.39, 0.29) is 0 Å². The molecule has 11 heavy (non-hydrogen) atoms. The fourth-order valence-electron chi connectivity index (χ4n) is 1.31. The number of rotatable bonds is 1. The summed E-state index contributed by atoms with van der Waals surface area (Å²) in [7, 11) is 0. The minimum Gasteiger partial charge on any atom is -0.390 e. The predicted molar refractivity (Wildman–Crippen MR) is 43.5 cm³/mol. The third-order valence-corrected chi connectivity index (χ3v) is 1.62. The highest BCUT2D eigenvalue weighted by atomic mass is 16.3. The van der Waals surface area contributed by atoms with Crippen LogP contribution in [0.3, 0.4) is 0 Å². The number of aliphatic hydroxyl groups is 2. The summed E-state index contributed by atoms with van der Waals surface area (Å²) in [4.78, 5) is 0. The topological polar surface area (TPSA) is 78.5 Å². The van der Waals surface area contributed by atoms with Crippen molar-refractivity contribution >= 4 is 0 Å². The van der Waals surface area contributed by atoms with Crippen LogP contribution in [0.5, 0.6) is 0 Å². The maximum absolute atomic E-state index is 9.16. The van der Waals surface area contributed by atoms with E-state index in [9.17, 15) is 0 Å². The first-order valence-electron chi connectivity index (χ1n) is 3.90. The van der Waals surface area contributed by atoms with Gasteiger partial charge in [-0.15, -0.1) is 0 Å². The van der Waals surface area contributed by atoms with E-state index in [0.29, 0.717) is 12.8 Å². The number of hydrogen-bond acceptors (Lipinski definition) is 4. The first kappa shape index (κ1) is 10.8. The van der Waals surface area contributed by atoms with Gasteiger partial charge in [0.15, 0.2) is 0 Å². The van der Waals surface area contributed by atoms with Crippen LogP contribution in [-0.2, 0) is 0 Å². The van der Waals surface area contributed by atoms with Gasteiger partial charge in [-0.25, -0.2) is 5.43 Å². The minimum absolute atomic E-state index is 0.302. The molecule has 0 radical (unpaired) electrons. The van der Waals surface area contributed by atoms with Gasteiger partial charge >= 0.3 is 0 Å². The van der Waals surface area contributed by atoms with Crippen molar-refractivity contribution in [2.45, 2.75) is 44.9 Å². The van der Waals surface area contributed by atoms with Gasteiger partial charge in [0.1, 0.15) is 5.72 Å². The molecule has 68 valence electrons. The van der Waals surface area contributed by atoms with Crippen molar-refractivity contribution in [1.82, 2.24) is 5.43 Å². The second kappa shape index (κ2) is 3.49. The lowest BCUT2D eigenvalue weighted by molar-refractivity contribution is -0.186. The molecule has 5 N–H and O–H groups in total. The molecule has 0 spiro atoms. The van der Waals surface area contributed by atoms with Gasteiger partial charge in [-0.3, -0.25) is 5.84 Å². The van der Waals surface area contributed by atoms with Gasteiger partial charge in [0, 0.05) is 12.8 Å². The third kappa shape index (κ3) is 2.75. The largest absolute Gasteiger partial charge is 0.390 e. The van der Waals surface area contributed by atoms with Crippen LogP contribution in [0, 0.1) is 0 Å². The SMILES string of the molecule is CC.CC1(O)CC(O)(NN)C1. The van der Waals surface area contributed by atoms with E-state index < -0.39 is 11.3 Å². The van der Waals surface area contributed by atoms with Gasteiger partial charge in [0.05, 0.1) is 5.60 Å². The Kier molecular flexibility index (Phi) is 3.44. The highest BCUT2D eigenvalue weighted by Crippen LogP contribution is 2.38. The van der Waals surface area contributed by atoms with E-state index in [4.69, 9.17) is 16.1 Å². The van der Waals surface area contributed by atoms with Crippen molar-refractivity contribution < 1.29 is 10.2 Å². The molecule has 1 aliphatic carbocycles. The Morgan fingerprint density at radius 3 is 1.73 bits per heavy atom. The molecule has 0 saturated heterocycles. The maximum Gasteiger partial charge on any atom is 0.133 e. The summed E-state index contributed by atoms with van der Waals surface area (Å²) in [5.74, 6) is 4.98. The second-order valence-corrected chi connectivity index (χ2v) is 3.03. The molecule has 0 aromatic carbocycles. The van der Waals surface area contributed by atoms with Crippen LogP contribution in [-0.4, -0.2) is 21.5 Å². The van der Waals surface area contributed by atoms with Crippen molar-refractivity contribution in [2.24, 2.45) is 5.84 Å². The van der Waals surface area contributed by atoms with Gasteiger partial charge in [-0.1, -0.05) is 13.8 Å². The summed E-state index contributed by atoms with van der Waals surface area (Å²) in [6.07, 6.45) is 0.604. The quantitative estimate of drug-likeness (QED) is 0.243. The van der Waals surface area contributed by atoms with Gasteiger partial charge in [0.25, 0.3) is 0 Å². The second-order valence-electron chi connectivity index (χ2n) is 3.03. The molecule has 1 aliphatic rings. The molecular formula is C7H18N2O2. The van der Waals surface area contributed by atoms with Crippen LogP contribution in [0.1, 0.15) is 33.6 Å². The molecule has 0 atom stereocenters. The molecule has 0 heterocycles. The summed E-state index contributed by atoms with van der Waals surface area (Å²) < 4.78 is 0. The Morgan fingerprint density at radius 1 is 1.27 bits per heavy atom. The summed E-state index contributed by atoms with van der Waals surface area (Å²) in [6.45, 7) is 5.67. The molecule has 1 fully saturated rings. The van der Waals surface area contributed by atoms with Crippen LogP contribution < -0.4 is 11.3 Å². The van der Waals surface area contributed by atoms with E-state index in [1.54, 1.807) is 6.92 Å². The van der Waals surface area contributed by atoms with E-state index in [1.807, 2.05) is 13.8 Å². The fraction of sp³-hybridized carbons (Fsp3) is 1.00. The van der Waals surface area contributed by atoms with Crippen LogP contribution in [0.2, 0.25) is 0 Å². The van der Waals surface area contributed by atoms with E-state index in [2.05, 4.69) is 5.43 Å². The zero-order chi connectivity index (χ0) is 9.12. The van der Waals surface area contributed by atoms with Crippen LogP contribution in [0.15, 0.2) is 0 Å². The van der Waals surface area contributed by atoms with Crippen molar-refractivity contribution in [3.05, 3.63) is 0 Å². The third-order valence-electron chi connectivity index (χ3n) is 1.62. The Labute approximate surface area is 67.4 Å². The zero-order valence-corrected chi connectivity index (χ0v) is 7.39. The molecule has 0 unspecified atom stereocenters. The lowest BCUT2D eigenvalue weighted by Crippen LogP contribution is -2.65. The Bertz CT molecular complexity index is 118. The summed E-state index contributed by atoms with van der Waals surface area (Å²) >= 11 is 0. The maximum atomic E-state index is 9.16. The monoisotopic (exact) mass is 162 g/mol. The van der Waals surface area contributed by atoms with Gasteiger partial charge in [-0.05, 0) is 6.92 Å². The smallest absolute Gasteiger partial charge is 0.133 e. The van der Waals surface area contributed by atoms with Crippen LogP contribution in [0.25, 0.3) is 0 Å². The number of nitrogens with two attached hydrogens (primary N) is 1. The molecule has 0 bridgehead atoms. The molecule has 1 saturated carbocycles. The zero-order valence-electron chi connectivity index (χ0n) is 7.39. The molecule has 4 nitrogen and oxygen atoms in total. The van der Waals surface area contributed by atoms with Gasteiger partial charge in [0.2, 0.25) is 0 Å². The average molecular weight is 162 g/mol. The van der Waals surface area contributed by atoms with Crippen molar-refractivity contribution in [2.75, 3.05) is 0 Å². The number of nitrogens with one attached hydrogen (secondary N) is 1. The number of hydrogen-bond donors (Lipinski definition) is 4. The van der Waals surface area contributed by atoms with E-state index in [1.165, 1.54) is 0 Å². The number of hydrazine groups is 1. The first-order valence-corrected chi connectivity index (χ1v) is 3.90. The minimum atomic E-state index is -1.02. The van der Waals surface area contributed by atoms with Crippen LogP contribution in [0.4, 0.5) is 0 Å². The highest BCUT2D eigenvalue weighted by Gasteiger charge is 2.49. The van der Waals surface area contributed by atoms with Crippen LogP contribution >= 0.6 is 0 Å². The molecule has 0 aromatic rings. The average Bonchev–Trinajstić information content (AvgIpc) is 1.88. The highest BCUT2D eigenvalue weighted by molar-refractivity contribution is 4.99. The molecular weight excluding hydrogens is 144 g/mol. The lowest BCUT2D eigenvalue weighted by Gasteiger charge is -2.47.